The monoisotopic (exact) mass is 608 g/mol. The summed E-state index contributed by atoms with van der Waals surface area (Å²) in [5.74, 6) is -1.98. The summed E-state index contributed by atoms with van der Waals surface area (Å²) in [4.78, 5) is 28.7. The van der Waals surface area contributed by atoms with E-state index >= 15 is 0 Å². The highest BCUT2D eigenvalue weighted by Gasteiger charge is 2.35. The molecule has 2 amide bonds. The third kappa shape index (κ3) is 7.72. The molecule has 0 saturated carbocycles. The Kier molecular flexibility index (Phi) is 10.9. The van der Waals surface area contributed by atoms with Gasteiger partial charge in [0.1, 0.15) is 18.4 Å². The highest BCUT2D eigenvalue weighted by Crippen LogP contribution is 2.26. The molecule has 3 aromatic rings. The third-order valence-corrected chi connectivity index (χ3v) is 8.51. The number of para-hydroxylation sites is 1. The molecule has 0 aromatic heterocycles. The average molecular weight is 610 g/mol. The fourth-order valence-corrected chi connectivity index (χ4v) is 5.57. The summed E-state index contributed by atoms with van der Waals surface area (Å²) in [6.45, 7) is 1.17. The van der Waals surface area contributed by atoms with E-state index in [2.05, 4.69) is 5.32 Å². The molecular weight excluding hydrogens is 578 g/mol. The molecule has 8 nitrogen and oxygen atoms in total. The van der Waals surface area contributed by atoms with Crippen LogP contribution in [0.3, 0.4) is 0 Å². The molecule has 3 rings (SSSR count). The summed E-state index contributed by atoms with van der Waals surface area (Å²) in [5.41, 5.74) is 0.979. The van der Waals surface area contributed by atoms with E-state index < -0.39 is 40.4 Å². The van der Waals surface area contributed by atoms with Gasteiger partial charge < -0.3 is 10.2 Å². The first-order valence-electron chi connectivity index (χ1n) is 12.5. The van der Waals surface area contributed by atoms with Gasteiger partial charge in [0.25, 0.3) is 0 Å². The van der Waals surface area contributed by atoms with Crippen molar-refractivity contribution in [3.05, 3.63) is 99.8 Å². The second kappa shape index (κ2) is 13.9. The fraction of sp³-hybridized carbons (Fsp3) is 0.286. The quantitative estimate of drug-likeness (QED) is 0.327. The molecule has 12 heteroatoms. The van der Waals surface area contributed by atoms with E-state index in [0.717, 1.165) is 15.9 Å². The average Bonchev–Trinajstić information content (AvgIpc) is 2.91. The highest BCUT2D eigenvalue weighted by molar-refractivity contribution is 7.90. The minimum Gasteiger partial charge on any atom is -0.355 e. The first-order valence-corrected chi connectivity index (χ1v) is 14.6. The zero-order valence-corrected chi connectivity index (χ0v) is 24.7. The van der Waals surface area contributed by atoms with E-state index in [-0.39, 0.29) is 23.7 Å². The molecule has 0 spiro atoms. The van der Waals surface area contributed by atoms with Crippen LogP contribution >= 0.6 is 23.2 Å². The van der Waals surface area contributed by atoms with Gasteiger partial charge in [-0.2, -0.15) is 12.7 Å². The van der Waals surface area contributed by atoms with Gasteiger partial charge in [0, 0.05) is 43.7 Å². The number of hydrogen-bond donors (Lipinski definition) is 1. The number of likely N-dealkylation sites (N-methyl/N-ethyl adjacent to an activating group) is 1. The lowest BCUT2D eigenvalue weighted by molar-refractivity contribution is -0.140. The molecule has 0 saturated heterocycles. The predicted molar refractivity (Wildman–Crippen MR) is 156 cm³/mol. The molecule has 214 valence electrons. The summed E-state index contributed by atoms with van der Waals surface area (Å²) in [6.07, 6.45) is 0.143. The van der Waals surface area contributed by atoms with Crippen LogP contribution in [0.15, 0.2) is 72.8 Å². The number of carbonyl (C=O) groups is 2. The molecular formula is C28H31Cl2FN4O4S. The molecule has 0 fully saturated rings. The maximum atomic E-state index is 14.9. The summed E-state index contributed by atoms with van der Waals surface area (Å²) in [5, 5.41) is 3.42. The molecule has 0 unspecified atom stereocenters. The largest absolute Gasteiger partial charge is 0.355 e. The van der Waals surface area contributed by atoms with Gasteiger partial charge in [0.15, 0.2) is 0 Å². The van der Waals surface area contributed by atoms with Crippen molar-refractivity contribution < 1.29 is 22.4 Å². The summed E-state index contributed by atoms with van der Waals surface area (Å²) in [6, 6.07) is 18.1. The maximum Gasteiger partial charge on any atom is 0.304 e. The third-order valence-electron chi connectivity index (χ3n) is 6.12. The number of halogens is 3. The van der Waals surface area contributed by atoms with Crippen molar-refractivity contribution in [2.75, 3.05) is 31.5 Å². The van der Waals surface area contributed by atoms with Crippen LogP contribution in [-0.4, -0.2) is 62.7 Å². The molecule has 0 bridgehead atoms. The van der Waals surface area contributed by atoms with Gasteiger partial charge in [-0.05, 0) is 42.3 Å². The van der Waals surface area contributed by atoms with Gasteiger partial charge in [0.2, 0.25) is 11.8 Å². The molecule has 0 aliphatic rings. The van der Waals surface area contributed by atoms with Gasteiger partial charge in [-0.15, -0.1) is 0 Å². The van der Waals surface area contributed by atoms with Crippen molar-refractivity contribution in [2.24, 2.45) is 0 Å². The van der Waals surface area contributed by atoms with E-state index in [4.69, 9.17) is 23.2 Å². The minimum atomic E-state index is -4.31. The Morgan fingerprint density at radius 2 is 1.62 bits per heavy atom. The van der Waals surface area contributed by atoms with Crippen LogP contribution in [0.25, 0.3) is 0 Å². The summed E-state index contributed by atoms with van der Waals surface area (Å²) in [7, 11) is -1.74. The fourth-order valence-electron chi connectivity index (χ4n) is 4.04. The lowest BCUT2D eigenvalue weighted by Crippen LogP contribution is -2.54. The zero-order chi connectivity index (χ0) is 29.4. The molecule has 0 heterocycles. The van der Waals surface area contributed by atoms with Crippen LogP contribution in [-0.2, 0) is 32.8 Å². The maximum absolute atomic E-state index is 14.9. The number of amides is 2. The summed E-state index contributed by atoms with van der Waals surface area (Å²) >= 11 is 12.5. The molecule has 40 heavy (non-hydrogen) atoms. The van der Waals surface area contributed by atoms with Crippen molar-refractivity contribution in [3.63, 3.8) is 0 Å². The van der Waals surface area contributed by atoms with Crippen molar-refractivity contribution >= 4 is 50.9 Å². The Balaban J connectivity index is 2.12. The standard InChI is InChI=1S/C28H31Cl2FN4O4S/c1-4-32-28(37)26(16-20-10-6-5-7-11-20)34(18-21-14-15-22(29)17-23(21)30)27(36)19-35(40(38,39)33(2)3)25-13-9-8-12-24(25)31/h5-15,17,26H,4,16,18-19H2,1-3H3,(H,32,37)/t26-/m1/s1. The van der Waals surface area contributed by atoms with Crippen molar-refractivity contribution in [3.8, 4) is 0 Å². The number of nitrogens with one attached hydrogen (secondary N) is 1. The van der Waals surface area contributed by atoms with Gasteiger partial charge >= 0.3 is 10.2 Å². The number of benzene rings is 3. The molecule has 0 aliphatic heterocycles. The van der Waals surface area contributed by atoms with Crippen LogP contribution in [0.4, 0.5) is 10.1 Å². The van der Waals surface area contributed by atoms with Crippen molar-refractivity contribution in [2.45, 2.75) is 25.9 Å². The second-order valence-electron chi connectivity index (χ2n) is 9.11. The predicted octanol–water partition coefficient (Wildman–Crippen LogP) is 4.52. The Morgan fingerprint density at radius 3 is 2.23 bits per heavy atom. The number of anilines is 1. The van der Waals surface area contributed by atoms with Crippen LogP contribution in [0.2, 0.25) is 10.0 Å². The lowest BCUT2D eigenvalue weighted by Gasteiger charge is -2.34. The van der Waals surface area contributed by atoms with Crippen molar-refractivity contribution in [1.29, 1.82) is 0 Å². The minimum absolute atomic E-state index is 0.128. The number of hydrogen-bond acceptors (Lipinski definition) is 4. The van der Waals surface area contributed by atoms with E-state index in [1.165, 1.54) is 43.3 Å². The summed E-state index contributed by atoms with van der Waals surface area (Å²) < 4.78 is 43.0. The molecule has 3 aromatic carbocycles. The number of carbonyl (C=O) groups excluding carboxylic acids is 2. The molecule has 1 N–H and O–H groups in total. The Morgan fingerprint density at radius 1 is 0.975 bits per heavy atom. The zero-order valence-electron chi connectivity index (χ0n) is 22.4. The smallest absolute Gasteiger partial charge is 0.304 e. The molecule has 1 atom stereocenters. The Bertz CT molecular complexity index is 1440. The van der Waals surface area contributed by atoms with Gasteiger partial charge in [-0.3, -0.25) is 9.59 Å². The highest BCUT2D eigenvalue weighted by atomic mass is 35.5. The second-order valence-corrected chi connectivity index (χ2v) is 12.0. The van der Waals surface area contributed by atoms with Gasteiger partial charge in [0.05, 0.1) is 5.69 Å². The van der Waals surface area contributed by atoms with Crippen LogP contribution < -0.4 is 9.62 Å². The SMILES string of the molecule is CCNC(=O)[C@@H](Cc1ccccc1)N(Cc1ccc(Cl)cc1Cl)C(=O)CN(c1ccccc1F)S(=O)(=O)N(C)C. The lowest BCUT2D eigenvalue weighted by atomic mass is 10.0. The molecule has 0 aliphatic carbocycles. The first kappa shape index (κ1) is 31.3. The molecule has 0 radical (unpaired) electrons. The van der Waals surface area contributed by atoms with Crippen molar-refractivity contribution in [1.82, 2.24) is 14.5 Å². The van der Waals surface area contributed by atoms with E-state index in [1.807, 2.05) is 30.3 Å². The van der Waals surface area contributed by atoms with Gasteiger partial charge in [-0.25, -0.2) is 8.70 Å². The van der Waals surface area contributed by atoms with Gasteiger partial charge in [-0.1, -0.05) is 71.7 Å². The Labute approximate surface area is 244 Å². The normalized spacial score (nSPS) is 12.2. The Hall–Kier alpha value is -3.18. The first-order chi connectivity index (χ1) is 18.9. The van der Waals surface area contributed by atoms with E-state index in [9.17, 15) is 22.4 Å². The van der Waals surface area contributed by atoms with Crippen LogP contribution in [0.5, 0.6) is 0 Å². The number of rotatable bonds is 12. The topological polar surface area (TPSA) is 90.0 Å². The van der Waals surface area contributed by atoms with Crippen LogP contribution in [0, 0.1) is 5.82 Å². The van der Waals surface area contributed by atoms with Crippen LogP contribution in [0.1, 0.15) is 18.1 Å². The number of nitrogens with zero attached hydrogens (tertiary/aromatic N) is 3. The van der Waals surface area contributed by atoms with E-state index in [0.29, 0.717) is 21.4 Å². The van der Waals surface area contributed by atoms with E-state index in [1.54, 1.807) is 19.1 Å².